The molecule has 0 unspecified atom stereocenters. The summed E-state index contributed by atoms with van der Waals surface area (Å²) in [6, 6.07) is 0. The summed E-state index contributed by atoms with van der Waals surface area (Å²) >= 11 is 0. The molecule has 0 aromatic rings. The Kier molecular flexibility index (Phi) is 279. The van der Waals surface area contributed by atoms with Crippen LogP contribution < -0.4 is 0 Å². The van der Waals surface area contributed by atoms with E-state index in [2.05, 4.69) is 0 Å². The van der Waals surface area contributed by atoms with Crippen molar-refractivity contribution in [1.29, 1.82) is 0 Å². The minimum Gasteiger partial charge on any atom is -2.00 e. The Morgan fingerprint density at radius 3 is 1.00 bits per heavy atom. The van der Waals surface area contributed by atoms with Gasteiger partial charge in [-0.05, 0) is 0 Å². The van der Waals surface area contributed by atoms with Gasteiger partial charge in [0.05, 0.1) is 0 Å². The Morgan fingerprint density at radius 2 is 1.00 bits per heavy atom. The van der Waals surface area contributed by atoms with Crippen LogP contribution in [0.2, 0.25) is 0 Å². The monoisotopic (exact) mass is 148 g/mol. The normalized spacial score (nSPS) is 0. The zero-order valence-corrected chi connectivity index (χ0v) is 5.90. The minimum absolute atomic E-state index is 0. The third-order valence-corrected chi connectivity index (χ3v) is 0. The van der Waals surface area contributed by atoms with E-state index in [9.17, 15) is 0 Å². The van der Waals surface area contributed by atoms with Gasteiger partial charge < -0.3 is 13.8 Å². The van der Waals surface area contributed by atoms with Gasteiger partial charge in [0.2, 0.25) is 0 Å². The number of hydrogen-bond donors (Lipinski definition) is 0. The smallest absolute Gasteiger partial charge is 2.00 e. The number of rotatable bonds is 0. The van der Waals surface area contributed by atoms with Gasteiger partial charge in [0, 0.05) is 0 Å². The van der Waals surface area contributed by atoms with Crippen molar-refractivity contribution in [2.24, 2.45) is 0 Å². The van der Waals surface area contributed by atoms with Crippen LogP contribution in [0.5, 0.6) is 0 Å². The molecule has 0 aromatic carbocycles. The topological polar surface area (TPSA) is 57.0 Å². The quantitative estimate of drug-likeness (QED) is 0.421. The predicted molar refractivity (Wildman–Crippen MR) is 9.35 cm³/mol. The van der Waals surface area contributed by atoms with Crippen molar-refractivity contribution >= 4 is 23.1 Å². The molecule has 0 aliphatic heterocycles. The predicted octanol–water partition coefficient (Wildman–Crippen LogP) is -0.396. The van der Waals surface area contributed by atoms with Crippen LogP contribution in [-0.2, 0) is 37.2 Å². The van der Waals surface area contributed by atoms with Gasteiger partial charge in [0.25, 0.3) is 0 Å². The van der Waals surface area contributed by atoms with E-state index in [1.807, 2.05) is 0 Å². The molecule has 0 saturated heterocycles. The molecule has 0 atom stereocenters. The fourth-order valence-electron chi connectivity index (χ4n) is 0. The average molecular weight is 150 g/mol. The molecule has 0 heterocycles. The van der Waals surface area contributed by atoms with Gasteiger partial charge in [0.15, 0.2) is 0 Å². The van der Waals surface area contributed by atoms with Crippen LogP contribution in [0, 0.1) is 0 Å². The summed E-state index contributed by atoms with van der Waals surface area (Å²) in [5.41, 5.74) is 0. The molecule has 4 heteroatoms. The Bertz CT molecular complexity index is 11.5. The Labute approximate surface area is 62.8 Å². The Hall–Kier alpha value is 1.57. The summed E-state index contributed by atoms with van der Waals surface area (Å²) in [7, 11) is 0. The van der Waals surface area contributed by atoms with Gasteiger partial charge >= 0.3 is 49.3 Å². The summed E-state index contributed by atoms with van der Waals surface area (Å²) < 4.78 is 0. The first kappa shape index (κ1) is 47.2. The van der Waals surface area contributed by atoms with Crippen molar-refractivity contribution in [3.63, 3.8) is 0 Å². The second-order valence-corrected chi connectivity index (χ2v) is 0. The summed E-state index contributed by atoms with van der Waals surface area (Å²) in [5.74, 6) is 0. The standard InChI is InChI=1S/Mg.2O.Zr.2H/q+2;2*-2;+4;2*-1. The van der Waals surface area contributed by atoms with Gasteiger partial charge in [-0.25, -0.2) is 0 Å². The molecule has 2 nitrogen and oxygen atoms in total. The van der Waals surface area contributed by atoms with Gasteiger partial charge in [0.1, 0.15) is 0 Å². The first-order valence-electron chi connectivity index (χ1n) is 0. The van der Waals surface area contributed by atoms with E-state index in [0.29, 0.717) is 0 Å². The van der Waals surface area contributed by atoms with Crippen molar-refractivity contribution < 1.29 is 40.0 Å². The SMILES string of the molecule is [H-].[H-].[Mg+2].[O-2].[O-2].[Zr+4]. The molecule has 0 fully saturated rings. The third kappa shape index (κ3) is 9.57. The molecule has 0 aromatic heterocycles. The molecule has 0 aliphatic carbocycles. The van der Waals surface area contributed by atoms with Gasteiger partial charge in [-0.2, -0.15) is 0 Å². The van der Waals surface area contributed by atoms with E-state index in [1.165, 1.54) is 0 Å². The molecule has 4 heavy (non-hydrogen) atoms. The molecule has 20 valence electrons. The summed E-state index contributed by atoms with van der Waals surface area (Å²) in [6.45, 7) is 0. The molecule has 0 spiro atoms. The van der Waals surface area contributed by atoms with Gasteiger partial charge in [-0.15, -0.1) is 0 Å². The van der Waals surface area contributed by atoms with Crippen molar-refractivity contribution in [3.05, 3.63) is 0 Å². The first-order chi connectivity index (χ1) is 0. The van der Waals surface area contributed by atoms with Crippen LogP contribution in [0.1, 0.15) is 2.85 Å². The largest absolute Gasteiger partial charge is 4.00 e. The fraction of sp³-hybridized carbons (Fsp3) is 0. The van der Waals surface area contributed by atoms with E-state index >= 15 is 0 Å². The van der Waals surface area contributed by atoms with Crippen LogP contribution >= 0.6 is 0 Å². The van der Waals surface area contributed by atoms with Crippen LogP contribution in [-0.4, -0.2) is 23.1 Å². The summed E-state index contributed by atoms with van der Waals surface area (Å²) in [4.78, 5) is 0. The third-order valence-electron chi connectivity index (χ3n) is 0. The van der Waals surface area contributed by atoms with Crippen molar-refractivity contribution in [2.75, 3.05) is 0 Å². The van der Waals surface area contributed by atoms with Gasteiger partial charge in [-0.3, -0.25) is 0 Å². The van der Waals surface area contributed by atoms with E-state index < -0.39 is 0 Å². The van der Waals surface area contributed by atoms with E-state index in [4.69, 9.17) is 0 Å². The zero-order valence-electron chi connectivity index (χ0n) is 4.02. The molecule has 0 rings (SSSR count). The zero-order chi connectivity index (χ0) is 0. The van der Waals surface area contributed by atoms with Gasteiger partial charge in [-0.1, -0.05) is 0 Å². The van der Waals surface area contributed by atoms with Crippen molar-refractivity contribution in [2.45, 2.75) is 0 Å². The van der Waals surface area contributed by atoms with Crippen LogP contribution in [0.25, 0.3) is 0 Å². The maximum absolute atomic E-state index is 0. The average Bonchev–Trinajstić information content (AvgIpc) is 0. The van der Waals surface area contributed by atoms with Crippen LogP contribution in [0.15, 0.2) is 0 Å². The van der Waals surface area contributed by atoms with E-state index in [-0.39, 0.29) is 63.1 Å². The molecule has 0 saturated carbocycles. The fourth-order valence-corrected chi connectivity index (χ4v) is 0. The molecule has 0 radical (unpaired) electrons. The summed E-state index contributed by atoms with van der Waals surface area (Å²) in [5, 5.41) is 0. The second-order valence-electron chi connectivity index (χ2n) is 0. The first-order valence-corrected chi connectivity index (χ1v) is 0. The molecular weight excluding hydrogens is 148 g/mol. The van der Waals surface area contributed by atoms with E-state index in [1.54, 1.807) is 0 Å². The summed E-state index contributed by atoms with van der Waals surface area (Å²) in [6.07, 6.45) is 0. The minimum atomic E-state index is 0. The number of hydrogen-bond acceptors (Lipinski definition) is 0. The maximum Gasteiger partial charge on any atom is 4.00 e. The van der Waals surface area contributed by atoms with Crippen molar-refractivity contribution in [3.8, 4) is 0 Å². The van der Waals surface area contributed by atoms with Crippen molar-refractivity contribution in [1.82, 2.24) is 0 Å². The Balaban J connectivity index is 0. The Morgan fingerprint density at radius 1 is 1.00 bits per heavy atom. The molecule has 0 amide bonds. The molecule has 0 aliphatic rings. The molecule has 0 N–H and O–H groups in total. The van der Waals surface area contributed by atoms with Crippen LogP contribution in [0.3, 0.4) is 0 Å². The maximum atomic E-state index is 0. The second kappa shape index (κ2) is 23.6. The van der Waals surface area contributed by atoms with E-state index in [0.717, 1.165) is 0 Å². The molecular formula is H2MgO2Zr. The van der Waals surface area contributed by atoms with Crippen LogP contribution in [0.4, 0.5) is 0 Å². The molecule has 0 bridgehead atoms.